The lowest BCUT2D eigenvalue weighted by atomic mass is 10.2. The maximum Gasteiger partial charge on any atom is 0.220 e. The van der Waals surface area contributed by atoms with Gasteiger partial charge in [0.25, 0.3) is 0 Å². The molecular formula is C10H16BrNO. The van der Waals surface area contributed by atoms with Crippen LogP contribution in [0, 0.1) is 0 Å². The van der Waals surface area contributed by atoms with Crippen molar-refractivity contribution in [3.05, 3.63) is 11.6 Å². The standard InChI is InChI=1S/C10H16BrNO/c11-7-5-10(13)12-8-6-9-3-1-2-4-9/h3H,1-2,4-8H2,(H,12,13). The van der Waals surface area contributed by atoms with Crippen LogP contribution in [0.25, 0.3) is 0 Å². The zero-order valence-corrected chi connectivity index (χ0v) is 9.40. The summed E-state index contributed by atoms with van der Waals surface area (Å²) in [6, 6.07) is 0. The van der Waals surface area contributed by atoms with Crippen molar-refractivity contribution in [1.29, 1.82) is 0 Å². The van der Waals surface area contributed by atoms with Gasteiger partial charge in [0.2, 0.25) is 5.91 Å². The highest BCUT2D eigenvalue weighted by Crippen LogP contribution is 2.19. The molecule has 3 heteroatoms. The molecule has 1 N–H and O–H groups in total. The van der Waals surface area contributed by atoms with Crippen molar-refractivity contribution < 1.29 is 4.79 Å². The van der Waals surface area contributed by atoms with E-state index in [1.807, 2.05) is 0 Å². The third-order valence-corrected chi connectivity index (χ3v) is 2.62. The Labute approximate surface area is 87.9 Å². The zero-order valence-electron chi connectivity index (χ0n) is 7.81. The van der Waals surface area contributed by atoms with Crippen LogP contribution < -0.4 is 5.32 Å². The molecular weight excluding hydrogens is 230 g/mol. The van der Waals surface area contributed by atoms with Crippen LogP contribution in [0.2, 0.25) is 0 Å². The molecule has 0 spiro atoms. The summed E-state index contributed by atoms with van der Waals surface area (Å²) >= 11 is 3.24. The van der Waals surface area contributed by atoms with Gasteiger partial charge >= 0.3 is 0 Å². The van der Waals surface area contributed by atoms with Crippen LogP contribution in [-0.2, 0) is 4.79 Å². The number of halogens is 1. The molecule has 1 aliphatic carbocycles. The van der Waals surface area contributed by atoms with Gasteiger partial charge in [-0.05, 0) is 25.7 Å². The van der Waals surface area contributed by atoms with Crippen molar-refractivity contribution in [2.75, 3.05) is 11.9 Å². The Morgan fingerprint density at radius 2 is 2.46 bits per heavy atom. The number of hydrogen-bond acceptors (Lipinski definition) is 1. The van der Waals surface area contributed by atoms with Crippen LogP contribution in [0.4, 0.5) is 0 Å². The number of rotatable bonds is 5. The molecule has 0 aromatic heterocycles. The summed E-state index contributed by atoms with van der Waals surface area (Å²) < 4.78 is 0. The molecule has 0 saturated heterocycles. The van der Waals surface area contributed by atoms with Gasteiger partial charge in [-0.25, -0.2) is 0 Å². The van der Waals surface area contributed by atoms with E-state index in [1.165, 1.54) is 24.8 Å². The minimum Gasteiger partial charge on any atom is -0.356 e. The quantitative estimate of drug-likeness (QED) is 0.585. The molecule has 1 aliphatic rings. The molecule has 0 aromatic carbocycles. The summed E-state index contributed by atoms with van der Waals surface area (Å²) in [7, 11) is 0. The minimum atomic E-state index is 0.149. The molecule has 0 heterocycles. The van der Waals surface area contributed by atoms with E-state index in [4.69, 9.17) is 0 Å². The topological polar surface area (TPSA) is 29.1 Å². The summed E-state index contributed by atoms with van der Waals surface area (Å²) in [6.45, 7) is 0.803. The first-order valence-electron chi connectivity index (χ1n) is 4.83. The second-order valence-electron chi connectivity index (χ2n) is 3.29. The van der Waals surface area contributed by atoms with Crippen LogP contribution in [0.15, 0.2) is 11.6 Å². The third-order valence-electron chi connectivity index (χ3n) is 2.22. The summed E-state index contributed by atoms with van der Waals surface area (Å²) in [5.41, 5.74) is 1.51. The number of hydrogen-bond donors (Lipinski definition) is 1. The number of amides is 1. The number of carbonyl (C=O) groups is 1. The lowest BCUT2D eigenvalue weighted by Crippen LogP contribution is -2.24. The maximum atomic E-state index is 11.1. The van der Waals surface area contributed by atoms with E-state index >= 15 is 0 Å². The molecule has 13 heavy (non-hydrogen) atoms. The van der Waals surface area contributed by atoms with Crippen LogP contribution in [0.5, 0.6) is 0 Å². The van der Waals surface area contributed by atoms with Crippen molar-refractivity contribution in [2.45, 2.75) is 32.1 Å². The van der Waals surface area contributed by atoms with Crippen LogP contribution in [-0.4, -0.2) is 17.8 Å². The van der Waals surface area contributed by atoms with Gasteiger partial charge in [0.15, 0.2) is 0 Å². The normalized spacial score (nSPS) is 15.6. The fraction of sp³-hybridized carbons (Fsp3) is 0.700. The van der Waals surface area contributed by atoms with Crippen LogP contribution in [0.1, 0.15) is 32.1 Å². The highest BCUT2D eigenvalue weighted by Gasteiger charge is 2.04. The van der Waals surface area contributed by atoms with Gasteiger partial charge in [0, 0.05) is 18.3 Å². The van der Waals surface area contributed by atoms with Crippen LogP contribution >= 0.6 is 15.9 Å². The monoisotopic (exact) mass is 245 g/mol. The molecule has 1 amide bonds. The summed E-state index contributed by atoms with van der Waals surface area (Å²) in [5.74, 6) is 0.149. The summed E-state index contributed by atoms with van der Waals surface area (Å²) in [5, 5.41) is 3.65. The number of carbonyl (C=O) groups excluding carboxylic acids is 1. The number of allylic oxidation sites excluding steroid dienone is 1. The first kappa shape index (κ1) is 10.8. The Balaban J connectivity index is 2.03. The maximum absolute atomic E-state index is 11.1. The largest absolute Gasteiger partial charge is 0.356 e. The molecule has 0 radical (unpaired) electrons. The fourth-order valence-corrected chi connectivity index (χ4v) is 1.86. The second kappa shape index (κ2) is 6.19. The van der Waals surface area contributed by atoms with Crippen LogP contribution in [0.3, 0.4) is 0 Å². The predicted octanol–water partition coefficient (Wildman–Crippen LogP) is 2.39. The first-order valence-corrected chi connectivity index (χ1v) is 5.95. The van der Waals surface area contributed by atoms with E-state index < -0.39 is 0 Å². The molecule has 2 nitrogen and oxygen atoms in total. The Morgan fingerprint density at radius 1 is 1.62 bits per heavy atom. The third kappa shape index (κ3) is 4.46. The minimum absolute atomic E-state index is 0.149. The van der Waals surface area contributed by atoms with Gasteiger partial charge in [-0.1, -0.05) is 27.6 Å². The van der Waals surface area contributed by atoms with Crippen molar-refractivity contribution >= 4 is 21.8 Å². The van der Waals surface area contributed by atoms with E-state index in [1.54, 1.807) is 0 Å². The lowest BCUT2D eigenvalue weighted by Gasteiger charge is -2.04. The highest BCUT2D eigenvalue weighted by molar-refractivity contribution is 9.09. The van der Waals surface area contributed by atoms with Gasteiger partial charge < -0.3 is 5.32 Å². The number of alkyl halides is 1. The van der Waals surface area contributed by atoms with E-state index in [0.717, 1.165) is 18.3 Å². The average molecular weight is 246 g/mol. The van der Waals surface area contributed by atoms with E-state index in [-0.39, 0.29) is 5.91 Å². The Bertz CT molecular complexity index is 201. The van der Waals surface area contributed by atoms with E-state index in [2.05, 4.69) is 27.3 Å². The van der Waals surface area contributed by atoms with Crippen molar-refractivity contribution in [3.8, 4) is 0 Å². The average Bonchev–Trinajstić information content (AvgIpc) is 2.57. The molecule has 0 bridgehead atoms. The van der Waals surface area contributed by atoms with E-state index in [0.29, 0.717) is 6.42 Å². The van der Waals surface area contributed by atoms with Gasteiger partial charge in [-0.15, -0.1) is 0 Å². The van der Waals surface area contributed by atoms with Crippen molar-refractivity contribution in [1.82, 2.24) is 5.32 Å². The van der Waals surface area contributed by atoms with Gasteiger partial charge in [-0.2, -0.15) is 0 Å². The molecule has 0 saturated carbocycles. The molecule has 74 valence electrons. The van der Waals surface area contributed by atoms with Crippen molar-refractivity contribution in [2.24, 2.45) is 0 Å². The van der Waals surface area contributed by atoms with E-state index in [9.17, 15) is 4.79 Å². The lowest BCUT2D eigenvalue weighted by molar-refractivity contribution is -0.120. The molecule has 0 fully saturated rings. The predicted molar refractivity (Wildman–Crippen MR) is 58.0 cm³/mol. The Morgan fingerprint density at radius 3 is 3.08 bits per heavy atom. The SMILES string of the molecule is O=C(CCBr)NCCC1=CCCC1. The molecule has 0 atom stereocenters. The Kier molecular flexibility index (Phi) is 5.13. The van der Waals surface area contributed by atoms with Crippen molar-refractivity contribution in [3.63, 3.8) is 0 Å². The van der Waals surface area contributed by atoms with Gasteiger partial charge in [0.1, 0.15) is 0 Å². The first-order chi connectivity index (χ1) is 6.33. The smallest absolute Gasteiger partial charge is 0.220 e. The fourth-order valence-electron chi connectivity index (χ4n) is 1.50. The van der Waals surface area contributed by atoms with Gasteiger partial charge in [-0.3, -0.25) is 4.79 Å². The summed E-state index contributed by atoms with van der Waals surface area (Å²) in [6.07, 6.45) is 7.67. The molecule has 0 aromatic rings. The molecule has 0 unspecified atom stereocenters. The summed E-state index contributed by atoms with van der Waals surface area (Å²) in [4.78, 5) is 11.1. The molecule has 1 rings (SSSR count). The number of nitrogens with one attached hydrogen (secondary N) is 1. The molecule has 0 aliphatic heterocycles. The Hall–Kier alpha value is -0.310. The van der Waals surface area contributed by atoms with Gasteiger partial charge in [0.05, 0.1) is 0 Å². The zero-order chi connectivity index (χ0) is 9.52. The highest BCUT2D eigenvalue weighted by atomic mass is 79.9. The second-order valence-corrected chi connectivity index (χ2v) is 4.09.